The lowest BCUT2D eigenvalue weighted by molar-refractivity contribution is -0.141. The summed E-state index contributed by atoms with van der Waals surface area (Å²) < 4.78 is 0. The maximum atomic E-state index is 14.0. The first-order valence-corrected chi connectivity index (χ1v) is 12.8. The van der Waals surface area contributed by atoms with Crippen LogP contribution in [0.4, 0.5) is 0 Å². The molecule has 4 nitrogen and oxygen atoms in total. The van der Waals surface area contributed by atoms with Crippen LogP contribution in [-0.2, 0) is 16.1 Å². The second kappa shape index (κ2) is 13.5. The number of amides is 2. The third-order valence-corrected chi connectivity index (χ3v) is 6.47. The molecule has 0 aliphatic carbocycles. The molecule has 0 heterocycles. The van der Waals surface area contributed by atoms with Gasteiger partial charge in [-0.05, 0) is 36.5 Å². The molecule has 0 saturated heterocycles. The van der Waals surface area contributed by atoms with Gasteiger partial charge in [0, 0.05) is 25.4 Å². The van der Waals surface area contributed by atoms with Gasteiger partial charge in [-0.1, -0.05) is 111 Å². The van der Waals surface area contributed by atoms with E-state index in [0.29, 0.717) is 25.9 Å². The van der Waals surface area contributed by atoms with Crippen molar-refractivity contribution < 1.29 is 9.59 Å². The first-order chi connectivity index (χ1) is 17.0. The third-order valence-electron chi connectivity index (χ3n) is 6.47. The van der Waals surface area contributed by atoms with Crippen molar-refractivity contribution in [3.63, 3.8) is 0 Å². The van der Waals surface area contributed by atoms with Crippen molar-refractivity contribution in [3.8, 4) is 0 Å². The summed E-state index contributed by atoms with van der Waals surface area (Å²) in [5.41, 5.74) is 4.40. The van der Waals surface area contributed by atoms with Crippen molar-refractivity contribution >= 4 is 11.8 Å². The van der Waals surface area contributed by atoms with Crippen LogP contribution in [0.25, 0.3) is 0 Å². The van der Waals surface area contributed by atoms with Gasteiger partial charge in [-0.25, -0.2) is 0 Å². The summed E-state index contributed by atoms with van der Waals surface area (Å²) >= 11 is 0. The molecule has 1 unspecified atom stereocenters. The third kappa shape index (κ3) is 7.54. The zero-order valence-corrected chi connectivity index (χ0v) is 21.2. The van der Waals surface area contributed by atoms with Crippen LogP contribution < -0.4 is 5.32 Å². The van der Waals surface area contributed by atoms with E-state index in [4.69, 9.17) is 0 Å². The van der Waals surface area contributed by atoms with E-state index in [1.165, 1.54) is 5.56 Å². The Morgan fingerprint density at radius 2 is 1.40 bits per heavy atom. The molecular formula is C31H38N2O2. The molecule has 0 aliphatic heterocycles. The molecule has 3 rings (SSSR count). The fourth-order valence-corrected chi connectivity index (χ4v) is 4.41. The van der Waals surface area contributed by atoms with Gasteiger partial charge in [0.2, 0.25) is 11.8 Å². The topological polar surface area (TPSA) is 49.4 Å². The smallest absolute Gasteiger partial charge is 0.242 e. The number of unbranched alkanes of at least 4 members (excludes halogenated alkanes) is 1. The summed E-state index contributed by atoms with van der Waals surface area (Å²) in [7, 11) is 0. The molecule has 4 heteroatoms. The Morgan fingerprint density at radius 3 is 1.91 bits per heavy atom. The van der Waals surface area contributed by atoms with Crippen LogP contribution in [0.5, 0.6) is 0 Å². The van der Waals surface area contributed by atoms with Gasteiger partial charge in [-0.15, -0.1) is 0 Å². The van der Waals surface area contributed by atoms with Crippen molar-refractivity contribution in [1.29, 1.82) is 0 Å². The van der Waals surface area contributed by atoms with Crippen LogP contribution in [0, 0.1) is 6.92 Å². The molecule has 2 amide bonds. The normalized spacial score (nSPS) is 11.8. The molecule has 3 aromatic rings. The van der Waals surface area contributed by atoms with Gasteiger partial charge in [0.25, 0.3) is 0 Å². The van der Waals surface area contributed by atoms with E-state index >= 15 is 0 Å². The number of hydrogen-bond donors (Lipinski definition) is 1. The average molecular weight is 471 g/mol. The van der Waals surface area contributed by atoms with Crippen LogP contribution in [-0.4, -0.2) is 29.3 Å². The van der Waals surface area contributed by atoms with E-state index in [9.17, 15) is 9.59 Å². The SMILES string of the molecule is CCCCNC(=O)C(CC)N(Cc1ccc(C)cc1)C(=O)CC(c1ccccc1)c1ccccc1. The average Bonchev–Trinajstić information content (AvgIpc) is 2.89. The lowest BCUT2D eigenvalue weighted by Gasteiger charge is -2.32. The minimum absolute atomic E-state index is 0.0132. The summed E-state index contributed by atoms with van der Waals surface area (Å²) in [4.78, 5) is 28.9. The molecule has 35 heavy (non-hydrogen) atoms. The van der Waals surface area contributed by atoms with Gasteiger partial charge in [0.1, 0.15) is 6.04 Å². The van der Waals surface area contributed by atoms with Gasteiger partial charge < -0.3 is 10.2 Å². The van der Waals surface area contributed by atoms with Crippen molar-refractivity contribution in [2.24, 2.45) is 0 Å². The van der Waals surface area contributed by atoms with Crippen LogP contribution in [0.15, 0.2) is 84.9 Å². The van der Waals surface area contributed by atoms with Crippen molar-refractivity contribution in [2.45, 2.75) is 65.0 Å². The molecular weight excluding hydrogens is 432 g/mol. The summed E-state index contributed by atoms with van der Waals surface area (Å²) in [6.07, 6.45) is 2.81. The number of nitrogens with zero attached hydrogens (tertiary/aromatic N) is 1. The van der Waals surface area contributed by atoms with E-state index in [0.717, 1.165) is 29.5 Å². The Morgan fingerprint density at radius 1 is 0.829 bits per heavy atom. The molecule has 0 fully saturated rings. The molecule has 0 aliphatic rings. The zero-order valence-electron chi connectivity index (χ0n) is 21.2. The second-order valence-corrected chi connectivity index (χ2v) is 9.15. The van der Waals surface area contributed by atoms with Crippen molar-refractivity contribution in [1.82, 2.24) is 10.2 Å². The summed E-state index contributed by atoms with van der Waals surface area (Å²) in [6.45, 7) is 7.17. The number of benzene rings is 3. The van der Waals surface area contributed by atoms with Crippen molar-refractivity contribution in [3.05, 3.63) is 107 Å². The number of nitrogens with one attached hydrogen (secondary N) is 1. The van der Waals surface area contributed by atoms with Gasteiger partial charge in [0.05, 0.1) is 0 Å². The highest BCUT2D eigenvalue weighted by molar-refractivity contribution is 5.88. The fourth-order valence-electron chi connectivity index (χ4n) is 4.41. The standard InChI is InChI=1S/C31H38N2O2/c1-4-6-21-32-31(35)29(5-2)33(23-25-19-17-24(3)18-20-25)30(34)22-28(26-13-9-7-10-14-26)27-15-11-8-12-16-27/h7-20,28-29H,4-6,21-23H2,1-3H3,(H,32,35). The Kier molecular flexibility index (Phi) is 10.1. The Bertz CT molecular complexity index is 1010. The maximum Gasteiger partial charge on any atom is 0.242 e. The zero-order chi connectivity index (χ0) is 25.0. The molecule has 1 N–H and O–H groups in total. The van der Waals surface area contributed by atoms with E-state index in [2.05, 4.69) is 48.6 Å². The first kappa shape index (κ1) is 26.2. The van der Waals surface area contributed by atoms with Crippen molar-refractivity contribution in [2.75, 3.05) is 6.54 Å². The largest absolute Gasteiger partial charge is 0.354 e. The highest BCUT2D eigenvalue weighted by Crippen LogP contribution is 2.29. The van der Waals surface area contributed by atoms with Gasteiger partial charge >= 0.3 is 0 Å². The van der Waals surface area contributed by atoms with E-state index in [-0.39, 0.29) is 17.7 Å². The quantitative estimate of drug-likeness (QED) is 0.319. The summed E-state index contributed by atoms with van der Waals surface area (Å²) in [5, 5.41) is 3.05. The number of carbonyl (C=O) groups excluding carboxylic acids is 2. The molecule has 0 saturated carbocycles. The highest BCUT2D eigenvalue weighted by atomic mass is 16.2. The summed E-state index contributed by atoms with van der Waals surface area (Å²) in [6, 6.07) is 28.0. The molecule has 0 aromatic heterocycles. The lowest BCUT2D eigenvalue weighted by atomic mass is 9.88. The van der Waals surface area contributed by atoms with Crippen LogP contribution in [0.1, 0.15) is 67.7 Å². The van der Waals surface area contributed by atoms with Gasteiger partial charge in [-0.3, -0.25) is 9.59 Å². The molecule has 1 atom stereocenters. The number of carbonyl (C=O) groups is 2. The van der Waals surface area contributed by atoms with E-state index in [1.54, 1.807) is 4.90 Å². The first-order valence-electron chi connectivity index (χ1n) is 12.8. The van der Waals surface area contributed by atoms with Crippen LogP contribution in [0.2, 0.25) is 0 Å². The Balaban J connectivity index is 1.91. The molecule has 0 bridgehead atoms. The summed E-state index contributed by atoms with van der Waals surface area (Å²) in [5.74, 6) is -0.163. The number of rotatable bonds is 12. The van der Waals surface area contributed by atoms with Gasteiger partial charge in [0.15, 0.2) is 0 Å². The van der Waals surface area contributed by atoms with Crippen LogP contribution in [0.3, 0.4) is 0 Å². The molecule has 184 valence electrons. The fraction of sp³-hybridized carbons (Fsp3) is 0.355. The van der Waals surface area contributed by atoms with Gasteiger partial charge in [-0.2, -0.15) is 0 Å². The predicted octanol–water partition coefficient (Wildman–Crippen LogP) is 6.24. The highest BCUT2D eigenvalue weighted by Gasteiger charge is 2.30. The number of hydrogen-bond acceptors (Lipinski definition) is 2. The number of aryl methyl sites for hydroxylation is 1. The molecule has 3 aromatic carbocycles. The molecule has 0 spiro atoms. The lowest BCUT2D eigenvalue weighted by Crippen LogP contribution is -2.49. The van der Waals surface area contributed by atoms with E-state index in [1.807, 2.05) is 62.4 Å². The minimum Gasteiger partial charge on any atom is -0.354 e. The Labute approximate surface area is 210 Å². The molecule has 0 radical (unpaired) electrons. The Hall–Kier alpha value is -3.40. The predicted molar refractivity (Wildman–Crippen MR) is 143 cm³/mol. The maximum absolute atomic E-state index is 14.0. The van der Waals surface area contributed by atoms with Crippen LogP contribution >= 0.6 is 0 Å². The van der Waals surface area contributed by atoms with E-state index < -0.39 is 6.04 Å². The second-order valence-electron chi connectivity index (χ2n) is 9.15. The monoisotopic (exact) mass is 470 g/mol. The minimum atomic E-state index is -0.507.